The molecule has 2 N–H and O–H groups in total. The molecule has 0 aliphatic carbocycles. The summed E-state index contributed by atoms with van der Waals surface area (Å²) in [4.78, 5) is 19.5. The Labute approximate surface area is 232 Å². The van der Waals surface area contributed by atoms with Gasteiger partial charge in [0.1, 0.15) is 0 Å². The zero-order valence-electron chi connectivity index (χ0n) is 10.0. The molecule has 0 unspecified atom stereocenters. The Morgan fingerprint density at radius 3 is 1.29 bits per heavy atom. The fourth-order valence-electron chi connectivity index (χ4n) is 0. The molecule has 0 bridgehead atoms. The minimum absolute atomic E-state index is 0. The first-order valence-corrected chi connectivity index (χ1v) is 1.07. The van der Waals surface area contributed by atoms with Gasteiger partial charge in [0.25, 0.3) is 6.47 Å². The average molecular weight is 296 g/mol. The third-order valence-electron chi connectivity index (χ3n) is 0.0393. The minimum Gasteiger partial charge on any atom is -1.00 e. The molecule has 6 nitrogen and oxygen atoms in total. The standard InChI is InChI=1S/CH2O3.CHO2.2Ca.4Na.H2O.H/c2-1-4-3;2-1-3;;;;;;;;/h1,3H;(H,2,3);;;;;;;1H2;/q;-1;2*+2;4*+1;;-1/p-2. The van der Waals surface area contributed by atoms with E-state index < -0.39 is 0 Å². The largest absolute Gasteiger partial charge is 2.00 e. The molecular formula is C2H4Ca2Na4O6+4. The molecule has 0 aromatic heterocycles. The summed E-state index contributed by atoms with van der Waals surface area (Å²) < 4.78 is 0. The van der Waals surface area contributed by atoms with Gasteiger partial charge >= 0.3 is 194 Å². The van der Waals surface area contributed by atoms with Gasteiger partial charge in [-0.2, -0.15) is 0 Å². The number of carbonyl (C=O) groups is 1. The van der Waals surface area contributed by atoms with Crippen molar-refractivity contribution in [3.63, 3.8) is 0 Å². The van der Waals surface area contributed by atoms with E-state index in [0.29, 0.717) is 6.47 Å². The first-order valence-electron chi connectivity index (χ1n) is 1.07. The van der Waals surface area contributed by atoms with Crippen LogP contribution in [-0.2, 0) is 14.5 Å². The SMILES string of the molecule is O=CO[O-].O=[C-]O.[Ca+2].[Ca+2].[H-].[Na+].[Na+].[Na+].[Na+].[OH-]. The maximum absolute atomic E-state index is 8.64. The minimum atomic E-state index is -0.181. The summed E-state index contributed by atoms with van der Waals surface area (Å²) in [6.07, 6.45) is 0. The number of aliphatic hydroxyl groups excluding tert-OH is 1. The number of hydrogen-bond donors (Lipinski definition) is 1. The van der Waals surface area contributed by atoms with E-state index in [-0.39, 0.29) is 207 Å². The number of carbonyl (C=O) groups excluding carboxylic acids is 1. The molecular weight excluding hydrogens is 292 g/mol. The first-order chi connectivity index (χ1) is 3.33. The van der Waals surface area contributed by atoms with E-state index >= 15 is 0 Å². The Balaban J connectivity index is -0.00000000275. The molecule has 0 radical (unpaired) electrons. The molecule has 0 amide bonds. The van der Waals surface area contributed by atoms with Crippen molar-refractivity contribution in [3.8, 4) is 0 Å². The summed E-state index contributed by atoms with van der Waals surface area (Å²) in [5, 5.41) is 15.2. The van der Waals surface area contributed by atoms with Crippen LogP contribution in [0.25, 0.3) is 0 Å². The van der Waals surface area contributed by atoms with Crippen molar-refractivity contribution in [2.24, 2.45) is 0 Å². The summed E-state index contributed by atoms with van der Waals surface area (Å²) in [6.45, 7) is 0.319. The predicted molar refractivity (Wildman–Crippen MR) is 30.0 cm³/mol. The van der Waals surface area contributed by atoms with E-state index in [4.69, 9.17) is 20.0 Å². The summed E-state index contributed by atoms with van der Waals surface area (Å²) in [5.41, 5.74) is 0. The third-order valence-corrected chi connectivity index (χ3v) is 0.0393. The van der Waals surface area contributed by atoms with Crippen LogP contribution in [-0.4, -0.2) is 99.0 Å². The van der Waals surface area contributed by atoms with Crippen LogP contribution >= 0.6 is 0 Å². The van der Waals surface area contributed by atoms with E-state index in [1.165, 1.54) is 0 Å². The van der Waals surface area contributed by atoms with Gasteiger partial charge in [-0.3, -0.25) is 4.79 Å². The van der Waals surface area contributed by atoms with Gasteiger partial charge in [-0.1, -0.05) is 6.47 Å². The third kappa shape index (κ3) is 115. The monoisotopic (exact) mass is 296 g/mol. The molecule has 12 heteroatoms. The molecule has 0 saturated carbocycles. The maximum atomic E-state index is 8.64. The summed E-state index contributed by atoms with van der Waals surface area (Å²) >= 11 is 0. The molecule has 0 aliphatic rings. The van der Waals surface area contributed by atoms with Gasteiger partial charge in [-0.15, -0.1) is 0 Å². The van der Waals surface area contributed by atoms with Gasteiger partial charge < -0.3 is 26.9 Å². The van der Waals surface area contributed by atoms with Gasteiger partial charge in [0.15, 0.2) is 0 Å². The predicted octanol–water partition coefficient (Wildman–Crippen LogP) is -14.8. The zero-order chi connectivity index (χ0) is 6.12. The van der Waals surface area contributed by atoms with Crippen molar-refractivity contribution in [2.45, 2.75) is 0 Å². The molecule has 0 spiro atoms. The van der Waals surface area contributed by atoms with E-state index in [0.717, 1.165) is 0 Å². The summed E-state index contributed by atoms with van der Waals surface area (Å²) in [5.74, 6) is 0. The topological polar surface area (TPSA) is 117 Å². The Morgan fingerprint density at radius 2 is 1.29 bits per heavy atom. The molecule has 0 heterocycles. The molecule has 0 aliphatic heterocycles. The fourth-order valence-corrected chi connectivity index (χ4v) is 0. The second kappa shape index (κ2) is 79.1. The van der Waals surface area contributed by atoms with Crippen LogP contribution in [0, 0.1) is 0 Å². The quantitative estimate of drug-likeness (QED) is 0.169. The van der Waals surface area contributed by atoms with Crippen LogP contribution in [0.3, 0.4) is 0 Å². The zero-order valence-corrected chi connectivity index (χ0v) is 21.4. The first kappa shape index (κ1) is 60.8. The van der Waals surface area contributed by atoms with Crippen LogP contribution < -0.4 is 123 Å². The Morgan fingerprint density at radius 1 is 1.21 bits per heavy atom. The molecule has 0 aromatic carbocycles. The van der Waals surface area contributed by atoms with Crippen LogP contribution in [0.1, 0.15) is 1.43 Å². The second-order valence-electron chi connectivity index (χ2n) is 0.284. The van der Waals surface area contributed by atoms with E-state index in [1.54, 1.807) is 0 Å². The Bertz CT molecular complexity index is 66.4. The Hall–Kier alpha value is 5.38. The normalized spacial score (nSPS) is 2.36. The molecule has 0 aromatic rings. The van der Waals surface area contributed by atoms with Crippen molar-refractivity contribution >= 4 is 88.4 Å². The van der Waals surface area contributed by atoms with E-state index in [2.05, 4.69) is 4.89 Å². The van der Waals surface area contributed by atoms with E-state index in [1.807, 2.05) is 0 Å². The Kier molecular flexibility index (Phi) is 343. The number of hydrogen-bond acceptors (Lipinski definition) is 5. The van der Waals surface area contributed by atoms with Crippen LogP contribution in [0.4, 0.5) is 0 Å². The molecule has 0 atom stereocenters. The molecule has 0 rings (SSSR count). The van der Waals surface area contributed by atoms with Crippen molar-refractivity contribution in [1.29, 1.82) is 0 Å². The summed E-state index contributed by atoms with van der Waals surface area (Å²) in [7, 11) is 0. The van der Waals surface area contributed by atoms with Gasteiger partial charge in [0.2, 0.25) is 0 Å². The second-order valence-corrected chi connectivity index (χ2v) is 0.284. The maximum Gasteiger partial charge on any atom is 2.00 e. The van der Waals surface area contributed by atoms with Crippen molar-refractivity contribution in [2.75, 3.05) is 0 Å². The van der Waals surface area contributed by atoms with Gasteiger partial charge in [-0.05, 0) is 0 Å². The number of rotatable bonds is 1. The molecule has 0 fully saturated rings. The van der Waals surface area contributed by atoms with Crippen molar-refractivity contribution in [1.82, 2.24) is 0 Å². The van der Waals surface area contributed by atoms with Crippen LogP contribution in [0.15, 0.2) is 0 Å². The van der Waals surface area contributed by atoms with Gasteiger partial charge in [0.05, 0.1) is 0 Å². The summed E-state index contributed by atoms with van der Waals surface area (Å²) in [6, 6.07) is 0. The van der Waals surface area contributed by atoms with Crippen LogP contribution in [0.5, 0.6) is 0 Å². The average Bonchev–Trinajstić information content (AvgIpc) is 1.69. The molecule has 0 saturated heterocycles. The van der Waals surface area contributed by atoms with E-state index in [9.17, 15) is 0 Å². The van der Waals surface area contributed by atoms with Gasteiger partial charge in [-0.25, -0.2) is 0 Å². The molecule has 52 valence electrons. The van der Waals surface area contributed by atoms with Crippen molar-refractivity contribution in [3.05, 3.63) is 0 Å². The molecule has 14 heavy (non-hydrogen) atoms. The fraction of sp³-hybridized carbons (Fsp3) is 0. The smallest absolute Gasteiger partial charge is 1.00 e. The van der Waals surface area contributed by atoms with Gasteiger partial charge in [0, 0.05) is 0 Å². The van der Waals surface area contributed by atoms with Crippen molar-refractivity contribution < 1.29 is 150 Å². The van der Waals surface area contributed by atoms with Crippen LogP contribution in [0.2, 0.25) is 0 Å².